The number of thiophene rings is 1. The molecule has 0 saturated carbocycles. The van der Waals surface area contributed by atoms with Gasteiger partial charge in [-0.3, -0.25) is 4.79 Å². The molecule has 0 radical (unpaired) electrons. The Morgan fingerprint density at radius 1 is 1.10 bits per heavy atom. The summed E-state index contributed by atoms with van der Waals surface area (Å²) in [5.74, 6) is -0.0466. The predicted molar refractivity (Wildman–Crippen MR) is 85.4 cm³/mol. The first kappa shape index (κ1) is 14.6. The van der Waals surface area contributed by atoms with E-state index in [1.807, 2.05) is 48.7 Å². The van der Waals surface area contributed by atoms with Crippen LogP contribution in [0.5, 0.6) is 0 Å². The van der Waals surface area contributed by atoms with Gasteiger partial charge < -0.3 is 10.6 Å². The zero-order valence-electron chi connectivity index (χ0n) is 12.0. The van der Waals surface area contributed by atoms with Gasteiger partial charge in [0.15, 0.2) is 0 Å². The third kappa shape index (κ3) is 3.61. The molecular weight excluding hydrogens is 268 g/mol. The van der Waals surface area contributed by atoms with Crippen LogP contribution in [-0.2, 0) is 0 Å². The molecule has 2 aromatic rings. The van der Waals surface area contributed by atoms with Gasteiger partial charge >= 0.3 is 0 Å². The molecule has 0 bridgehead atoms. The van der Waals surface area contributed by atoms with Gasteiger partial charge in [-0.1, -0.05) is 18.2 Å². The molecule has 20 heavy (non-hydrogen) atoms. The van der Waals surface area contributed by atoms with Gasteiger partial charge in [-0.2, -0.15) is 0 Å². The van der Waals surface area contributed by atoms with Gasteiger partial charge in [-0.05, 0) is 44.4 Å². The maximum Gasteiger partial charge on any atom is 0.253 e. The zero-order chi connectivity index (χ0) is 14.5. The molecule has 1 aromatic heterocycles. The molecule has 0 unspecified atom stereocenters. The lowest BCUT2D eigenvalue weighted by atomic mass is 10.1. The number of para-hydroxylation sites is 1. The summed E-state index contributed by atoms with van der Waals surface area (Å²) in [7, 11) is 0. The first-order valence-corrected chi connectivity index (χ1v) is 7.65. The molecule has 0 aliphatic rings. The van der Waals surface area contributed by atoms with Gasteiger partial charge in [0, 0.05) is 16.6 Å². The summed E-state index contributed by atoms with van der Waals surface area (Å²) < 4.78 is 0. The molecule has 2 N–H and O–H groups in total. The highest BCUT2D eigenvalue weighted by atomic mass is 32.1. The minimum atomic E-state index is -0.0466. The normalized spacial score (nSPS) is 12.2. The van der Waals surface area contributed by atoms with E-state index in [1.54, 1.807) is 11.3 Å². The quantitative estimate of drug-likeness (QED) is 0.871. The standard InChI is InChI=1S/C16H20N2OS/c1-11(2)17-14-8-5-4-7-13(14)16(19)18-12(3)15-9-6-10-20-15/h4-12,17H,1-3H3,(H,18,19)/t12-/m0/s1. The lowest BCUT2D eigenvalue weighted by Crippen LogP contribution is -2.27. The van der Waals surface area contributed by atoms with Crippen molar-refractivity contribution in [1.29, 1.82) is 0 Å². The third-order valence-corrected chi connectivity index (χ3v) is 3.99. The van der Waals surface area contributed by atoms with E-state index in [-0.39, 0.29) is 11.9 Å². The maximum atomic E-state index is 12.4. The molecule has 1 aromatic carbocycles. The third-order valence-electron chi connectivity index (χ3n) is 2.93. The van der Waals surface area contributed by atoms with E-state index in [0.29, 0.717) is 11.6 Å². The van der Waals surface area contributed by atoms with E-state index >= 15 is 0 Å². The van der Waals surface area contributed by atoms with Crippen LogP contribution in [0.4, 0.5) is 5.69 Å². The van der Waals surface area contributed by atoms with Crippen LogP contribution in [0.2, 0.25) is 0 Å². The van der Waals surface area contributed by atoms with Crippen molar-refractivity contribution in [2.75, 3.05) is 5.32 Å². The molecule has 0 fully saturated rings. The number of hydrogen-bond donors (Lipinski definition) is 2. The number of anilines is 1. The average Bonchev–Trinajstić information content (AvgIpc) is 2.92. The van der Waals surface area contributed by atoms with Crippen molar-refractivity contribution in [1.82, 2.24) is 5.32 Å². The monoisotopic (exact) mass is 288 g/mol. The molecular formula is C16H20N2OS. The van der Waals surface area contributed by atoms with Crippen molar-refractivity contribution < 1.29 is 4.79 Å². The van der Waals surface area contributed by atoms with Gasteiger partial charge in [0.25, 0.3) is 5.91 Å². The van der Waals surface area contributed by atoms with Crippen molar-refractivity contribution in [3.8, 4) is 0 Å². The lowest BCUT2D eigenvalue weighted by Gasteiger charge is -2.17. The van der Waals surface area contributed by atoms with Crippen molar-refractivity contribution in [2.24, 2.45) is 0 Å². The van der Waals surface area contributed by atoms with E-state index in [1.165, 1.54) is 0 Å². The molecule has 2 rings (SSSR count). The van der Waals surface area contributed by atoms with E-state index < -0.39 is 0 Å². The summed E-state index contributed by atoms with van der Waals surface area (Å²) in [6.45, 7) is 6.12. The van der Waals surface area contributed by atoms with Crippen LogP contribution in [-0.4, -0.2) is 11.9 Å². The highest BCUT2D eigenvalue weighted by Gasteiger charge is 2.15. The fraction of sp³-hybridized carbons (Fsp3) is 0.312. The van der Waals surface area contributed by atoms with E-state index in [2.05, 4.69) is 24.5 Å². The van der Waals surface area contributed by atoms with Gasteiger partial charge in [0.05, 0.1) is 11.6 Å². The Hall–Kier alpha value is -1.81. The Balaban J connectivity index is 2.13. The summed E-state index contributed by atoms with van der Waals surface area (Å²) in [5.41, 5.74) is 1.56. The fourth-order valence-corrected chi connectivity index (χ4v) is 2.74. The minimum absolute atomic E-state index is 0.0228. The van der Waals surface area contributed by atoms with Gasteiger partial charge in [-0.25, -0.2) is 0 Å². The van der Waals surface area contributed by atoms with E-state index in [4.69, 9.17) is 0 Å². The minimum Gasteiger partial charge on any atom is -0.382 e. The molecule has 4 heteroatoms. The van der Waals surface area contributed by atoms with Crippen LogP contribution in [0.3, 0.4) is 0 Å². The zero-order valence-corrected chi connectivity index (χ0v) is 12.8. The van der Waals surface area contributed by atoms with Gasteiger partial charge in [0.2, 0.25) is 0 Å². The Morgan fingerprint density at radius 2 is 1.85 bits per heavy atom. The molecule has 106 valence electrons. The van der Waals surface area contributed by atoms with Crippen molar-refractivity contribution in [3.63, 3.8) is 0 Å². The second-order valence-corrected chi connectivity index (χ2v) is 6.03. The van der Waals surface area contributed by atoms with Crippen molar-refractivity contribution >= 4 is 22.9 Å². The Kier molecular flexibility index (Phi) is 4.79. The van der Waals surface area contributed by atoms with Crippen molar-refractivity contribution in [2.45, 2.75) is 32.9 Å². The van der Waals surface area contributed by atoms with Crippen molar-refractivity contribution in [3.05, 3.63) is 52.2 Å². The van der Waals surface area contributed by atoms with Crippen LogP contribution < -0.4 is 10.6 Å². The largest absolute Gasteiger partial charge is 0.382 e. The molecule has 3 nitrogen and oxygen atoms in total. The summed E-state index contributed by atoms with van der Waals surface area (Å²) in [4.78, 5) is 13.6. The topological polar surface area (TPSA) is 41.1 Å². The summed E-state index contributed by atoms with van der Waals surface area (Å²) in [6.07, 6.45) is 0. The predicted octanol–water partition coefficient (Wildman–Crippen LogP) is 4.06. The Bertz CT molecular complexity index is 564. The van der Waals surface area contributed by atoms with Crippen LogP contribution in [0.25, 0.3) is 0 Å². The molecule has 1 amide bonds. The van der Waals surface area contributed by atoms with E-state index in [9.17, 15) is 4.79 Å². The second-order valence-electron chi connectivity index (χ2n) is 5.06. The average molecular weight is 288 g/mol. The van der Waals surface area contributed by atoms with Gasteiger partial charge in [-0.15, -0.1) is 11.3 Å². The first-order valence-electron chi connectivity index (χ1n) is 6.77. The highest BCUT2D eigenvalue weighted by molar-refractivity contribution is 7.10. The number of carbonyl (C=O) groups excluding carboxylic acids is 1. The SMILES string of the molecule is CC(C)Nc1ccccc1C(=O)N[C@@H](C)c1cccs1. The van der Waals surface area contributed by atoms with Gasteiger partial charge in [0.1, 0.15) is 0 Å². The molecule has 1 heterocycles. The number of hydrogen-bond acceptors (Lipinski definition) is 3. The maximum absolute atomic E-state index is 12.4. The fourth-order valence-electron chi connectivity index (χ4n) is 2.00. The molecule has 0 spiro atoms. The lowest BCUT2D eigenvalue weighted by molar-refractivity contribution is 0.0941. The smallest absolute Gasteiger partial charge is 0.253 e. The van der Waals surface area contributed by atoms with Crippen LogP contribution in [0.15, 0.2) is 41.8 Å². The van der Waals surface area contributed by atoms with Crippen LogP contribution >= 0.6 is 11.3 Å². The summed E-state index contributed by atoms with van der Waals surface area (Å²) in [6, 6.07) is 11.9. The Labute approximate surface area is 124 Å². The summed E-state index contributed by atoms with van der Waals surface area (Å²) in [5, 5.41) is 8.37. The number of rotatable bonds is 5. The number of nitrogens with one attached hydrogen (secondary N) is 2. The van der Waals surface area contributed by atoms with Crippen LogP contribution in [0.1, 0.15) is 42.0 Å². The second kappa shape index (κ2) is 6.57. The Morgan fingerprint density at radius 3 is 2.50 bits per heavy atom. The molecule has 0 aliphatic carbocycles. The number of benzene rings is 1. The first-order chi connectivity index (χ1) is 9.58. The molecule has 1 atom stereocenters. The molecule has 0 aliphatic heterocycles. The highest BCUT2D eigenvalue weighted by Crippen LogP contribution is 2.21. The van der Waals surface area contributed by atoms with Crippen LogP contribution in [0, 0.1) is 0 Å². The number of carbonyl (C=O) groups is 1. The summed E-state index contributed by atoms with van der Waals surface area (Å²) >= 11 is 1.65. The van der Waals surface area contributed by atoms with E-state index in [0.717, 1.165) is 10.6 Å². The number of amides is 1. The molecule has 0 saturated heterocycles.